The van der Waals surface area contributed by atoms with Gasteiger partial charge in [-0.15, -0.1) is 11.3 Å². The highest BCUT2D eigenvalue weighted by Crippen LogP contribution is 2.37. The second kappa shape index (κ2) is 26.0. The van der Waals surface area contributed by atoms with E-state index in [4.69, 9.17) is 42.5 Å². The molecule has 0 saturated carbocycles. The summed E-state index contributed by atoms with van der Waals surface area (Å²) in [5, 5.41) is 1.51. The van der Waals surface area contributed by atoms with Gasteiger partial charge in [0.25, 0.3) is 0 Å². The van der Waals surface area contributed by atoms with Gasteiger partial charge in [0.05, 0.1) is 23.3 Å². The van der Waals surface area contributed by atoms with Crippen molar-refractivity contribution >= 4 is 48.1 Å². The standard InChI is InChI=1S/C21H19ClFNOS.C3H5Cl.2C2H6.2CH2O/c1-14-3-5-17(6-4-14)21-20(16-7-9-18(23)10-8-16)24-19(26-21)13-25-15(2)11-12-22;1-3(2)4;4*1-2/h3-12,15H,13H2,1-2H3;1H2,2H3;2*1-2H3;2*1H2/b12-11+;;;;;. The van der Waals surface area contributed by atoms with Crippen LogP contribution in [0.15, 0.2) is 71.8 Å². The summed E-state index contributed by atoms with van der Waals surface area (Å²) in [5.41, 5.74) is 5.48. The van der Waals surface area contributed by atoms with Gasteiger partial charge in [0.15, 0.2) is 0 Å². The van der Waals surface area contributed by atoms with E-state index in [1.54, 1.807) is 36.5 Å². The van der Waals surface area contributed by atoms with E-state index in [2.05, 4.69) is 37.8 Å². The van der Waals surface area contributed by atoms with Gasteiger partial charge in [0.2, 0.25) is 0 Å². The maximum absolute atomic E-state index is 13.3. The van der Waals surface area contributed by atoms with E-state index in [-0.39, 0.29) is 11.9 Å². The van der Waals surface area contributed by atoms with E-state index >= 15 is 0 Å². The summed E-state index contributed by atoms with van der Waals surface area (Å²) in [4.78, 5) is 21.8. The third kappa shape index (κ3) is 17.0. The lowest BCUT2D eigenvalue weighted by Gasteiger charge is -2.05. The zero-order chi connectivity index (χ0) is 30.1. The predicted octanol–water partition coefficient (Wildman–Crippen LogP) is 10.0. The quantitative estimate of drug-likeness (QED) is 0.289. The van der Waals surface area contributed by atoms with Crippen molar-refractivity contribution in [3.63, 3.8) is 0 Å². The topological polar surface area (TPSA) is 56.3 Å². The molecule has 0 aliphatic heterocycles. The van der Waals surface area contributed by atoms with E-state index in [9.17, 15) is 4.39 Å². The Balaban J connectivity index is -0.000000886. The summed E-state index contributed by atoms with van der Waals surface area (Å²) >= 11 is 12.3. The summed E-state index contributed by atoms with van der Waals surface area (Å²) in [6, 6.07) is 14.7. The number of halogens is 3. The first-order chi connectivity index (χ1) is 18.3. The normalized spacial score (nSPS) is 9.84. The molecule has 0 spiro atoms. The molecule has 2 aromatic carbocycles. The summed E-state index contributed by atoms with van der Waals surface area (Å²) < 4.78 is 19.1. The van der Waals surface area contributed by atoms with Gasteiger partial charge in [-0.25, -0.2) is 9.37 Å². The Bertz CT molecular complexity index is 954. The van der Waals surface area contributed by atoms with Crippen molar-refractivity contribution in [3.8, 4) is 21.7 Å². The first-order valence-electron chi connectivity index (χ1n) is 11.9. The highest BCUT2D eigenvalue weighted by atomic mass is 35.5. The SMILES string of the molecule is C=C(C)Cl.C=O.C=O.CC.CC.Cc1ccc(-c2sc(COC(C)/C=C/Cl)nc2-c2ccc(F)cc2)cc1. The Morgan fingerprint density at radius 2 is 1.45 bits per heavy atom. The number of carbonyl (C=O) groups excluding carboxylic acids is 2. The molecule has 0 radical (unpaired) electrons. The molecule has 38 heavy (non-hydrogen) atoms. The number of thiazole rings is 1. The maximum Gasteiger partial charge on any atom is 0.123 e. The van der Waals surface area contributed by atoms with Crippen LogP contribution in [0, 0.1) is 12.7 Å². The number of rotatable bonds is 6. The molecule has 3 rings (SSSR count). The number of nitrogens with zero attached hydrogens (tertiary/aromatic N) is 1. The van der Waals surface area contributed by atoms with Gasteiger partial charge in [-0.1, -0.05) is 87.3 Å². The number of hydrogen-bond acceptors (Lipinski definition) is 5. The largest absolute Gasteiger partial charge is 0.367 e. The molecule has 210 valence electrons. The van der Waals surface area contributed by atoms with Crippen molar-refractivity contribution < 1.29 is 18.7 Å². The number of aromatic nitrogens is 1. The molecule has 1 aromatic heterocycles. The molecule has 8 heteroatoms. The molecule has 0 fully saturated rings. The van der Waals surface area contributed by atoms with E-state index in [0.29, 0.717) is 11.6 Å². The maximum atomic E-state index is 13.3. The fourth-order valence-corrected chi connectivity index (χ4v) is 3.71. The van der Waals surface area contributed by atoms with Crippen LogP contribution in [-0.4, -0.2) is 24.7 Å². The van der Waals surface area contributed by atoms with Crippen molar-refractivity contribution in [2.75, 3.05) is 0 Å². The van der Waals surface area contributed by atoms with Crippen LogP contribution in [0.1, 0.15) is 52.1 Å². The van der Waals surface area contributed by atoms with Gasteiger partial charge in [-0.3, -0.25) is 0 Å². The van der Waals surface area contributed by atoms with Gasteiger partial charge < -0.3 is 14.3 Å². The molecule has 0 aliphatic rings. The number of ether oxygens (including phenoxy) is 1. The van der Waals surface area contributed by atoms with E-state index in [0.717, 1.165) is 26.7 Å². The van der Waals surface area contributed by atoms with Crippen molar-refractivity contribution in [3.05, 3.63) is 88.1 Å². The van der Waals surface area contributed by atoms with Crippen LogP contribution >= 0.6 is 34.5 Å². The fraction of sp³-hybridized carbons (Fsp3) is 0.300. The van der Waals surface area contributed by atoms with Crippen LogP contribution in [0.3, 0.4) is 0 Å². The van der Waals surface area contributed by atoms with E-state index in [1.807, 2.05) is 48.2 Å². The molecule has 1 unspecified atom stereocenters. The van der Waals surface area contributed by atoms with Crippen LogP contribution in [-0.2, 0) is 20.9 Å². The molecule has 3 aromatic rings. The summed E-state index contributed by atoms with van der Waals surface area (Å²) in [6.07, 6.45) is 1.69. The lowest BCUT2D eigenvalue weighted by molar-refractivity contribution is -0.0987. The fourth-order valence-electron chi connectivity index (χ4n) is 2.49. The molecule has 0 amide bonds. The number of hydrogen-bond donors (Lipinski definition) is 0. The minimum atomic E-state index is -0.258. The Labute approximate surface area is 242 Å². The van der Waals surface area contributed by atoms with Crippen molar-refractivity contribution in [1.82, 2.24) is 4.98 Å². The van der Waals surface area contributed by atoms with Crippen LogP contribution in [0.5, 0.6) is 0 Å². The van der Waals surface area contributed by atoms with Crippen LogP contribution < -0.4 is 0 Å². The Kier molecular flexibility index (Phi) is 27.3. The van der Waals surface area contributed by atoms with E-state index < -0.39 is 0 Å². The molecular weight excluding hydrogens is 544 g/mol. The molecule has 4 nitrogen and oxygen atoms in total. The van der Waals surface area contributed by atoms with Gasteiger partial charge in [0, 0.05) is 16.1 Å². The second-order valence-electron chi connectivity index (χ2n) is 6.67. The number of aryl methyl sites for hydroxylation is 1. The highest BCUT2D eigenvalue weighted by molar-refractivity contribution is 7.15. The first-order valence-corrected chi connectivity index (χ1v) is 13.5. The molecule has 0 bridgehead atoms. The predicted molar refractivity (Wildman–Crippen MR) is 165 cm³/mol. The molecule has 0 N–H and O–H groups in total. The van der Waals surface area contributed by atoms with Crippen molar-refractivity contribution in [2.24, 2.45) is 0 Å². The minimum Gasteiger partial charge on any atom is -0.367 e. The van der Waals surface area contributed by atoms with Gasteiger partial charge in [-0.2, -0.15) is 0 Å². The van der Waals surface area contributed by atoms with Gasteiger partial charge >= 0.3 is 0 Å². The molecule has 0 saturated heterocycles. The van der Waals surface area contributed by atoms with Crippen LogP contribution in [0.4, 0.5) is 4.39 Å². The van der Waals surface area contributed by atoms with Gasteiger partial charge in [0.1, 0.15) is 24.4 Å². The van der Waals surface area contributed by atoms with Crippen LogP contribution in [0.25, 0.3) is 21.7 Å². The number of benzene rings is 2. The average molecular weight is 585 g/mol. The minimum absolute atomic E-state index is 0.0894. The number of carbonyl (C=O) groups is 2. The Morgan fingerprint density at radius 1 is 1.00 bits per heavy atom. The highest BCUT2D eigenvalue weighted by Gasteiger charge is 2.15. The van der Waals surface area contributed by atoms with Gasteiger partial charge in [-0.05, 0) is 56.7 Å². The lowest BCUT2D eigenvalue weighted by Crippen LogP contribution is -2.03. The summed E-state index contributed by atoms with van der Waals surface area (Å²) in [6.45, 7) is 21.4. The summed E-state index contributed by atoms with van der Waals surface area (Å²) in [5.74, 6) is -0.258. The summed E-state index contributed by atoms with van der Waals surface area (Å²) in [7, 11) is 0. The smallest absolute Gasteiger partial charge is 0.123 e. The average Bonchev–Trinajstić information content (AvgIpc) is 3.37. The Morgan fingerprint density at radius 3 is 1.89 bits per heavy atom. The zero-order valence-electron chi connectivity index (χ0n) is 23.4. The molecular formula is C30H40Cl2FNO3S. The monoisotopic (exact) mass is 583 g/mol. The third-order valence-electron chi connectivity index (χ3n) is 3.92. The molecule has 0 aliphatic carbocycles. The Hall–Kier alpha value is -2.64. The molecule has 1 heterocycles. The van der Waals surface area contributed by atoms with Crippen molar-refractivity contribution in [2.45, 2.75) is 61.2 Å². The molecule has 1 atom stereocenters. The van der Waals surface area contributed by atoms with Crippen LogP contribution in [0.2, 0.25) is 0 Å². The first kappa shape index (κ1) is 39.9. The second-order valence-corrected chi connectivity index (χ2v) is 8.65. The lowest BCUT2D eigenvalue weighted by atomic mass is 10.1. The number of allylic oxidation sites excluding steroid dienone is 1. The third-order valence-corrected chi connectivity index (χ3v) is 5.14. The zero-order valence-corrected chi connectivity index (χ0v) is 25.7. The van der Waals surface area contributed by atoms with E-state index in [1.165, 1.54) is 23.2 Å². The van der Waals surface area contributed by atoms with Crippen molar-refractivity contribution in [1.29, 1.82) is 0 Å².